The van der Waals surface area contributed by atoms with Gasteiger partial charge in [0.05, 0.1) is 5.44 Å². The number of pyridine rings is 1. The van der Waals surface area contributed by atoms with Crippen LogP contribution in [-0.4, -0.2) is 4.98 Å². The van der Waals surface area contributed by atoms with E-state index in [1.54, 1.807) is 113 Å². The molecule has 0 N–H and O–H groups in total. The van der Waals surface area contributed by atoms with Crippen molar-refractivity contribution in [1.82, 2.24) is 4.98 Å². The van der Waals surface area contributed by atoms with Crippen LogP contribution in [0.1, 0.15) is 26.3 Å². The summed E-state index contributed by atoms with van der Waals surface area (Å²) < 4.78 is 79.0. The second kappa shape index (κ2) is 29.8. The molecule has 0 aliphatic carbocycles. The summed E-state index contributed by atoms with van der Waals surface area (Å²) in [4.78, 5) is 4.73. The van der Waals surface area contributed by atoms with Gasteiger partial charge < -0.3 is 0 Å². The molecule has 0 unspecified atom stereocenters. The van der Waals surface area contributed by atoms with Crippen LogP contribution in [0.2, 0.25) is 0 Å². The SMILES string of the molecule is CC(C)(C)c1ccnc(P(c2ccccc2)c2ccccc2)c1.Fc1ccc(P(c2ccc(F)cc2)c2ccc(F)cc2)cc1.Fc1ccc(P(c2ccc(F)cc2)c2ccc(F)cc2)cc1.[Cu][I].[Cu][I]. The van der Waals surface area contributed by atoms with Crippen molar-refractivity contribution in [3.63, 3.8) is 0 Å². The van der Waals surface area contributed by atoms with Crippen molar-refractivity contribution in [2.24, 2.45) is 0 Å². The van der Waals surface area contributed by atoms with Crippen molar-refractivity contribution in [3.05, 3.63) is 265 Å². The number of halogens is 8. The number of hydrogen-bond donors (Lipinski definition) is 0. The molecule has 0 bridgehead atoms. The van der Waals surface area contributed by atoms with Crippen LogP contribution in [0.25, 0.3) is 0 Å². The first-order valence-electron chi connectivity index (χ1n) is 21.6. The maximum atomic E-state index is 13.2. The second-order valence-electron chi connectivity index (χ2n) is 16.2. The third-order valence-corrected chi connectivity index (χ3v) is 17.6. The summed E-state index contributed by atoms with van der Waals surface area (Å²) in [7, 11) is -2.59. The van der Waals surface area contributed by atoms with Gasteiger partial charge in [-0.3, -0.25) is 4.98 Å². The average Bonchev–Trinajstić information content (AvgIpc) is 3.40. The summed E-state index contributed by atoms with van der Waals surface area (Å²) in [5, 5.41) is 8.23. The fraction of sp³-hybridized carbons (Fsp3) is 0.0702. The minimum atomic E-state index is -0.983. The van der Waals surface area contributed by atoms with Crippen molar-refractivity contribution in [2.75, 3.05) is 0 Å². The Kier molecular flexibility index (Phi) is 24.5. The fourth-order valence-corrected chi connectivity index (χ4v) is 13.7. The van der Waals surface area contributed by atoms with E-state index in [2.05, 4.69) is 119 Å². The molecule has 0 saturated heterocycles. The second-order valence-corrected chi connectivity index (χ2v) is 22.8. The van der Waals surface area contributed by atoms with Crippen molar-refractivity contribution >= 4 is 112 Å². The molecule has 1 heterocycles. The molecule has 0 saturated carbocycles. The number of hydrogen-bond acceptors (Lipinski definition) is 1. The molecule has 372 valence electrons. The Morgan fingerprint density at radius 2 is 0.549 bits per heavy atom. The van der Waals surface area contributed by atoms with E-state index in [1.807, 2.05) is 6.20 Å². The van der Waals surface area contributed by atoms with Crippen LogP contribution >= 0.6 is 64.5 Å². The molecule has 0 aliphatic rings. The number of nitrogens with zero attached hydrogens (tertiary/aromatic N) is 1. The Morgan fingerprint density at radius 3 is 0.775 bits per heavy atom. The van der Waals surface area contributed by atoms with E-state index in [1.165, 1.54) is 94.4 Å². The van der Waals surface area contributed by atoms with Gasteiger partial charge in [-0.1, -0.05) is 154 Å². The third-order valence-electron chi connectivity index (χ3n) is 10.4. The zero-order valence-corrected chi connectivity index (χ0v) is 47.2. The van der Waals surface area contributed by atoms with Gasteiger partial charge in [0.25, 0.3) is 0 Å². The molecule has 1 aromatic heterocycles. The molecule has 9 rings (SSSR count). The van der Waals surface area contributed by atoms with Crippen molar-refractivity contribution in [3.8, 4) is 0 Å². The van der Waals surface area contributed by atoms with E-state index >= 15 is 0 Å². The summed E-state index contributed by atoms with van der Waals surface area (Å²) in [5.41, 5.74) is 2.64. The van der Waals surface area contributed by atoms with Crippen LogP contribution in [0.4, 0.5) is 26.3 Å². The number of benzene rings is 8. The molecule has 8 aromatic carbocycles. The monoisotopic (exact) mass is 1330 g/mol. The summed E-state index contributed by atoms with van der Waals surface area (Å²) in [6.45, 7) is 6.75. The van der Waals surface area contributed by atoms with E-state index in [9.17, 15) is 26.3 Å². The average molecular weight is 1330 g/mol. The molecule has 0 radical (unpaired) electrons. The van der Waals surface area contributed by atoms with Crippen LogP contribution in [0.15, 0.2) is 225 Å². The predicted octanol–water partition coefficient (Wildman–Crippen LogP) is 13.6. The van der Waals surface area contributed by atoms with Crippen LogP contribution in [0.5, 0.6) is 0 Å². The number of rotatable bonds is 9. The fourth-order valence-electron chi connectivity index (χ4n) is 7.01. The molecule has 0 amide bonds. The molecular weight excluding hydrogens is 1290 g/mol. The first kappa shape index (κ1) is 58.2. The van der Waals surface area contributed by atoms with Gasteiger partial charge in [-0.05, 0) is 154 Å². The Labute approximate surface area is 456 Å². The summed E-state index contributed by atoms with van der Waals surface area (Å²) in [6.07, 6.45) is 1.96. The van der Waals surface area contributed by atoms with Gasteiger partial charge in [0.1, 0.15) is 34.9 Å². The van der Waals surface area contributed by atoms with Crippen molar-refractivity contribution in [2.45, 2.75) is 26.2 Å². The Morgan fingerprint density at radius 1 is 0.324 bits per heavy atom. The van der Waals surface area contributed by atoms with Crippen molar-refractivity contribution in [1.29, 1.82) is 0 Å². The van der Waals surface area contributed by atoms with Gasteiger partial charge in [-0.2, -0.15) is 0 Å². The van der Waals surface area contributed by atoms with E-state index in [0.29, 0.717) is 0 Å². The standard InChI is InChI=1S/C21H22NP.2C18H12F3P.2Cu.2HI/c1-21(2,3)17-14-15-22-20(16-17)23(18-10-6-4-7-11-18)19-12-8-5-9-13-19;2*19-13-1-7-16(8-2-13)22(17-9-3-14(20)4-10-17)18-11-5-15(21)6-12-18;;;;/h4-16H,1-3H3;2*1-12H;;;2*1H/q;;;2*+1;;/p-2. The quantitative estimate of drug-likeness (QED) is 0.0607. The van der Waals surface area contributed by atoms with Gasteiger partial charge in [0.2, 0.25) is 0 Å². The Balaban J connectivity index is 0.000000191. The Bertz CT molecular complexity index is 2550. The molecule has 0 fully saturated rings. The summed E-state index contributed by atoms with van der Waals surface area (Å²) in [5.74, 6) is -1.85. The first-order chi connectivity index (χ1) is 34.3. The van der Waals surface area contributed by atoms with E-state index in [-0.39, 0.29) is 40.3 Å². The van der Waals surface area contributed by atoms with Crippen LogP contribution in [-0.2, 0) is 30.9 Å². The molecule has 0 atom stereocenters. The van der Waals surface area contributed by atoms with E-state index < -0.39 is 23.8 Å². The molecular formula is C57H46Cu2F6I2NP3. The molecule has 0 aliphatic heterocycles. The predicted molar refractivity (Wildman–Crippen MR) is 300 cm³/mol. The topological polar surface area (TPSA) is 12.9 Å². The Hall–Kier alpha value is -3.72. The molecule has 14 heteroatoms. The summed E-state index contributed by atoms with van der Waals surface area (Å²) >= 11 is 11.7. The first-order valence-corrected chi connectivity index (χ1v) is 31.7. The molecule has 9 aromatic rings. The van der Waals surface area contributed by atoms with Gasteiger partial charge in [0, 0.05) is 14.1 Å². The molecule has 1 nitrogen and oxygen atoms in total. The van der Waals surface area contributed by atoms with Gasteiger partial charge >= 0.3 is 66.2 Å². The third kappa shape index (κ3) is 17.7. The molecule has 71 heavy (non-hydrogen) atoms. The van der Waals surface area contributed by atoms with Gasteiger partial charge in [0.15, 0.2) is 0 Å². The summed E-state index contributed by atoms with van der Waals surface area (Å²) in [6, 6.07) is 63.3. The van der Waals surface area contributed by atoms with E-state index in [4.69, 9.17) is 4.98 Å². The van der Waals surface area contributed by atoms with Gasteiger partial charge in [-0.25, -0.2) is 26.3 Å². The van der Waals surface area contributed by atoms with Crippen LogP contribution in [0.3, 0.4) is 0 Å². The minimum absolute atomic E-state index is 0.131. The molecule has 0 spiro atoms. The number of aromatic nitrogens is 1. The zero-order valence-electron chi connectivity index (χ0n) is 38.3. The maximum absolute atomic E-state index is 13.2. The van der Waals surface area contributed by atoms with Crippen LogP contribution in [0, 0.1) is 34.9 Å². The van der Waals surface area contributed by atoms with E-state index in [0.717, 1.165) is 31.8 Å². The normalized spacial score (nSPS) is 10.7. The van der Waals surface area contributed by atoms with Gasteiger partial charge in [-0.15, -0.1) is 0 Å². The zero-order chi connectivity index (χ0) is 51.3. The van der Waals surface area contributed by atoms with Crippen molar-refractivity contribution < 1.29 is 51.9 Å². The van der Waals surface area contributed by atoms with Crippen LogP contribution < -0.4 is 47.9 Å².